The Balaban J connectivity index is 2.25. The maximum Gasteiger partial charge on any atom is 0.0280 e. The van der Waals surface area contributed by atoms with Crippen molar-refractivity contribution < 1.29 is 0 Å². The van der Waals surface area contributed by atoms with Crippen LogP contribution in [0.2, 0.25) is 0 Å². The van der Waals surface area contributed by atoms with Crippen LogP contribution in [0.5, 0.6) is 0 Å². The van der Waals surface area contributed by atoms with Gasteiger partial charge in [-0.2, -0.15) is 0 Å². The zero-order valence-electron chi connectivity index (χ0n) is 11.0. The van der Waals surface area contributed by atoms with Crippen molar-refractivity contribution in [1.29, 1.82) is 0 Å². The van der Waals surface area contributed by atoms with Crippen molar-refractivity contribution >= 4 is 0 Å². The summed E-state index contributed by atoms with van der Waals surface area (Å²) >= 11 is 0. The lowest BCUT2D eigenvalue weighted by atomic mass is 9.90. The van der Waals surface area contributed by atoms with Gasteiger partial charge in [0.25, 0.3) is 0 Å². The van der Waals surface area contributed by atoms with E-state index in [0.717, 1.165) is 5.92 Å². The lowest BCUT2D eigenvalue weighted by Gasteiger charge is -2.38. The van der Waals surface area contributed by atoms with E-state index in [1.165, 1.54) is 45.3 Å². The quantitative estimate of drug-likeness (QED) is 0.753. The van der Waals surface area contributed by atoms with Crippen LogP contribution in [-0.2, 0) is 0 Å². The van der Waals surface area contributed by atoms with Crippen LogP contribution in [0.3, 0.4) is 0 Å². The van der Waals surface area contributed by atoms with Gasteiger partial charge in [0.05, 0.1) is 0 Å². The van der Waals surface area contributed by atoms with Crippen LogP contribution in [0.4, 0.5) is 0 Å². The third-order valence-electron chi connectivity index (χ3n) is 3.41. The molecular weight excluding hydrogens is 184 g/mol. The fourth-order valence-electron chi connectivity index (χ4n) is 2.41. The van der Waals surface area contributed by atoms with E-state index < -0.39 is 0 Å². The van der Waals surface area contributed by atoms with E-state index in [2.05, 4.69) is 38.0 Å². The predicted molar refractivity (Wildman–Crippen MR) is 67.2 cm³/mol. The molecule has 0 aromatic rings. The summed E-state index contributed by atoms with van der Waals surface area (Å²) in [7, 11) is 2.25. The lowest BCUT2D eigenvalue weighted by molar-refractivity contribution is 0.182. The van der Waals surface area contributed by atoms with Crippen LogP contribution in [0.25, 0.3) is 0 Å². The molecule has 0 aliphatic carbocycles. The highest BCUT2D eigenvalue weighted by Crippen LogP contribution is 2.19. The third-order valence-corrected chi connectivity index (χ3v) is 3.41. The molecule has 2 nitrogen and oxygen atoms in total. The Morgan fingerprint density at radius 2 is 2.07 bits per heavy atom. The van der Waals surface area contributed by atoms with E-state index in [9.17, 15) is 0 Å². The van der Waals surface area contributed by atoms with Gasteiger partial charge in [0.2, 0.25) is 0 Å². The molecule has 0 amide bonds. The minimum absolute atomic E-state index is 0.365. The van der Waals surface area contributed by atoms with Crippen LogP contribution in [0.1, 0.15) is 46.5 Å². The Labute approximate surface area is 95.4 Å². The average molecular weight is 212 g/mol. The van der Waals surface area contributed by atoms with Gasteiger partial charge < -0.3 is 10.2 Å². The van der Waals surface area contributed by atoms with Crippen molar-refractivity contribution in [3.63, 3.8) is 0 Å². The van der Waals surface area contributed by atoms with Crippen molar-refractivity contribution in [3.05, 3.63) is 0 Å². The molecule has 0 saturated carbocycles. The molecule has 1 heterocycles. The second-order valence-corrected chi connectivity index (χ2v) is 5.86. The summed E-state index contributed by atoms with van der Waals surface area (Å²) in [4.78, 5) is 2.48. The molecule has 2 heteroatoms. The molecule has 1 atom stereocenters. The molecule has 1 saturated heterocycles. The number of piperidine rings is 1. The van der Waals surface area contributed by atoms with Crippen molar-refractivity contribution in [1.82, 2.24) is 10.2 Å². The first-order valence-electron chi connectivity index (χ1n) is 6.45. The first-order valence-corrected chi connectivity index (χ1v) is 6.45. The highest BCUT2D eigenvalue weighted by molar-refractivity contribution is 4.88. The summed E-state index contributed by atoms with van der Waals surface area (Å²) in [6, 6.07) is 0. The summed E-state index contributed by atoms with van der Waals surface area (Å²) < 4.78 is 0. The maximum atomic E-state index is 3.67. The van der Waals surface area contributed by atoms with Gasteiger partial charge in [-0.15, -0.1) is 0 Å². The molecular formula is C13H28N2. The Bertz CT molecular complexity index is 171. The molecule has 1 fully saturated rings. The summed E-state index contributed by atoms with van der Waals surface area (Å²) in [6.45, 7) is 10.6. The standard InChI is InChI=1S/C13H28N2/c1-12(2)7-10-15(4)11-13(3)8-5-6-9-14-13/h12,14H,5-11H2,1-4H3. The van der Waals surface area contributed by atoms with Crippen LogP contribution in [-0.4, -0.2) is 37.1 Å². The van der Waals surface area contributed by atoms with Gasteiger partial charge in [-0.05, 0) is 52.2 Å². The molecule has 0 aromatic carbocycles. The van der Waals surface area contributed by atoms with Gasteiger partial charge in [0, 0.05) is 12.1 Å². The Morgan fingerprint density at radius 1 is 1.33 bits per heavy atom. The van der Waals surface area contributed by atoms with E-state index in [1.54, 1.807) is 0 Å². The van der Waals surface area contributed by atoms with Crippen LogP contribution in [0, 0.1) is 5.92 Å². The fraction of sp³-hybridized carbons (Fsp3) is 1.00. The summed E-state index contributed by atoms with van der Waals surface area (Å²) in [6.07, 6.45) is 5.39. The van der Waals surface area contributed by atoms with Gasteiger partial charge in [0.1, 0.15) is 0 Å². The Kier molecular flexibility index (Phi) is 5.07. The fourth-order valence-corrected chi connectivity index (χ4v) is 2.41. The predicted octanol–water partition coefficient (Wildman–Crippen LogP) is 2.50. The molecule has 15 heavy (non-hydrogen) atoms. The highest BCUT2D eigenvalue weighted by atomic mass is 15.1. The SMILES string of the molecule is CC(C)CCN(C)CC1(C)CCCCN1. The number of hydrogen-bond donors (Lipinski definition) is 1. The van der Waals surface area contributed by atoms with E-state index in [-0.39, 0.29) is 0 Å². The van der Waals surface area contributed by atoms with E-state index in [1.807, 2.05) is 0 Å². The average Bonchev–Trinajstić information content (AvgIpc) is 2.15. The first-order chi connectivity index (χ1) is 7.02. The normalized spacial score (nSPS) is 27.6. The maximum absolute atomic E-state index is 3.67. The highest BCUT2D eigenvalue weighted by Gasteiger charge is 2.27. The first kappa shape index (κ1) is 13.0. The minimum Gasteiger partial charge on any atom is -0.310 e. The summed E-state index contributed by atoms with van der Waals surface area (Å²) in [5.41, 5.74) is 0.365. The topological polar surface area (TPSA) is 15.3 Å². The lowest BCUT2D eigenvalue weighted by Crippen LogP contribution is -2.53. The van der Waals surface area contributed by atoms with E-state index in [4.69, 9.17) is 0 Å². The van der Waals surface area contributed by atoms with Crippen LogP contribution < -0.4 is 5.32 Å². The molecule has 0 aromatic heterocycles. The number of rotatable bonds is 5. The van der Waals surface area contributed by atoms with Gasteiger partial charge in [-0.3, -0.25) is 0 Å². The zero-order valence-corrected chi connectivity index (χ0v) is 11.0. The van der Waals surface area contributed by atoms with Crippen molar-refractivity contribution in [2.45, 2.75) is 52.0 Å². The zero-order chi connectivity index (χ0) is 11.3. The van der Waals surface area contributed by atoms with Crippen molar-refractivity contribution in [2.24, 2.45) is 5.92 Å². The summed E-state index contributed by atoms with van der Waals surface area (Å²) in [5.74, 6) is 0.819. The molecule has 90 valence electrons. The van der Waals surface area contributed by atoms with Gasteiger partial charge >= 0.3 is 0 Å². The molecule has 0 spiro atoms. The Morgan fingerprint density at radius 3 is 2.60 bits per heavy atom. The molecule has 1 aliphatic rings. The molecule has 0 bridgehead atoms. The Hall–Kier alpha value is -0.0800. The molecule has 1 rings (SSSR count). The smallest absolute Gasteiger partial charge is 0.0280 e. The monoisotopic (exact) mass is 212 g/mol. The van der Waals surface area contributed by atoms with Crippen LogP contribution in [0.15, 0.2) is 0 Å². The second-order valence-electron chi connectivity index (χ2n) is 5.86. The second kappa shape index (κ2) is 5.86. The van der Waals surface area contributed by atoms with E-state index >= 15 is 0 Å². The molecule has 1 aliphatic heterocycles. The van der Waals surface area contributed by atoms with Crippen molar-refractivity contribution in [3.8, 4) is 0 Å². The number of nitrogens with zero attached hydrogens (tertiary/aromatic N) is 1. The number of nitrogens with one attached hydrogen (secondary N) is 1. The molecule has 1 unspecified atom stereocenters. The van der Waals surface area contributed by atoms with Crippen molar-refractivity contribution in [2.75, 3.05) is 26.7 Å². The molecule has 0 radical (unpaired) electrons. The van der Waals surface area contributed by atoms with Gasteiger partial charge in [-0.1, -0.05) is 20.3 Å². The number of likely N-dealkylation sites (N-methyl/N-ethyl adjacent to an activating group) is 1. The van der Waals surface area contributed by atoms with Crippen LogP contribution >= 0.6 is 0 Å². The largest absolute Gasteiger partial charge is 0.310 e. The van der Waals surface area contributed by atoms with E-state index in [0.29, 0.717) is 5.54 Å². The van der Waals surface area contributed by atoms with Gasteiger partial charge in [0.15, 0.2) is 0 Å². The third kappa shape index (κ3) is 4.98. The molecule has 1 N–H and O–H groups in total. The van der Waals surface area contributed by atoms with Gasteiger partial charge in [-0.25, -0.2) is 0 Å². The minimum atomic E-state index is 0.365. The number of hydrogen-bond acceptors (Lipinski definition) is 2. The summed E-state index contributed by atoms with van der Waals surface area (Å²) in [5, 5.41) is 3.67.